The number of carbonyl (C=O) groups is 1. The van der Waals surface area contributed by atoms with Crippen molar-refractivity contribution in [2.24, 2.45) is 0 Å². The van der Waals surface area contributed by atoms with Crippen LogP contribution in [0.4, 0.5) is 5.69 Å². The summed E-state index contributed by atoms with van der Waals surface area (Å²) in [5, 5.41) is 2.97. The van der Waals surface area contributed by atoms with E-state index in [2.05, 4.69) is 10.0 Å². The Balaban J connectivity index is 1.90. The first kappa shape index (κ1) is 15.6. The van der Waals surface area contributed by atoms with Gasteiger partial charge in [-0.15, -0.1) is 0 Å². The first-order valence-corrected chi connectivity index (χ1v) is 8.88. The summed E-state index contributed by atoms with van der Waals surface area (Å²) < 4.78 is 24.6. The van der Waals surface area contributed by atoms with E-state index in [1.54, 1.807) is 30.3 Å². The number of hydrogen-bond donors (Lipinski definition) is 2. The van der Waals surface area contributed by atoms with Crippen LogP contribution in [0.1, 0.15) is 31.2 Å². The van der Waals surface area contributed by atoms with Crippen LogP contribution in [0.5, 0.6) is 0 Å². The van der Waals surface area contributed by atoms with Gasteiger partial charge in [-0.3, -0.25) is 9.52 Å². The third-order valence-electron chi connectivity index (χ3n) is 3.34. The van der Waals surface area contributed by atoms with E-state index in [4.69, 9.17) is 0 Å². The topological polar surface area (TPSA) is 75.3 Å². The van der Waals surface area contributed by atoms with Crippen LogP contribution in [0.15, 0.2) is 30.3 Å². The third-order valence-corrected chi connectivity index (χ3v) is 3.95. The fourth-order valence-corrected chi connectivity index (χ4v) is 2.93. The van der Waals surface area contributed by atoms with Gasteiger partial charge < -0.3 is 5.32 Å². The van der Waals surface area contributed by atoms with Gasteiger partial charge in [0.1, 0.15) is 0 Å². The lowest BCUT2D eigenvalue weighted by Gasteiger charge is -2.09. The van der Waals surface area contributed by atoms with Gasteiger partial charge in [-0.2, -0.15) is 0 Å². The van der Waals surface area contributed by atoms with Gasteiger partial charge in [0.05, 0.1) is 6.26 Å². The number of anilines is 1. The summed E-state index contributed by atoms with van der Waals surface area (Å²) >= 11 is 0. The Bertz CT molecular complexity index is 615. The average Bonchev–Trinajstić information content (AvgIpc) is 2.89. The van der Waals surface area contributed by atoms with Crippen molar-refractivity contribution in [2.45, 2.75) is 31.7 Å². The first-order valence-electron chi connectivity index (χ1n) is 6.99. The molecule has 0 aliphatic heterocycles. The Morgan fingerprint density at radius 2 is 1.81 bits per heavy atom. The molecule has 1 saturated carbocycles. The van der Waals surface area contributed by atoms with Crippen molar-refractivity contribution in [3.8, 4) is 0 Å². The van der Waals surface area contributed by atoms with Crippen LogP contribution in [-0.2, 0) is 14.8 Å². The quantitative estimate of drug-likeness (QED) is 0.818. The summed E-state index contributed by atoms with van der Waals surface area (Å²) in [5.74, 6) is -0.0831. The number of rotatable bonds is 5. The lowest BCUT2D eigenvalue weighted by Crippen LogP contribution is -2.30. The molecule has 0 heterocycles. The predicted molar refractivity (Wildman–Crippen MR) is 84.3 cm³/mol. The Morgan fingerprint density at radius 3 is 2.38 bits per heavy atom. The highest BCUT2D eigenvalue weighted by Crippen LogP contribution is 2.17. The second kappa shape index (κ2) is 6.76. The Kier molecular flexibility index (Phi) is 5.01. The molecule has 0 spiro atoms. The summed E-state index contributed by atoms with van der Waals surface area (Å²) in [6.45, 7) is 0. The summed E-state index contributed by atoms with van der Waals surface area (Å²) in [7, 11) is -3.26. The number of amides is 1. The van der Waals surface area contributed by atoms with E-state index in [0.717, 1.165) is 24.7 Å². The number of hydrogen-bond acceptors (Lipinski definition) is 3. The van der Waals surface area contributed by atoms with Gasteiger partial charge in [0.2, 0.25) is 15.9 Å². The van der Waals surface area contributed by atoms with E-state index in [1.165, 1.54) is 18.9 Å². The maximum absolute atomic E-state index is 11.7. The molecule has 1 aromatic carbocycles. The smallest absolute Gasteiger partial charge is 0.244 e. The average molecular weight is 308 g/mol. The molecule has 0 saturated heterocycles. The molecule has 2 rings (SSSR count). The van der Waals surface area contributed by atoms with Crippen molar-refractivity contribution in [1.82, 2.24) is 5.32 Å². The largest absolute Gasteiger partial charge is 0.350 e. The van der Waals surface area contributed by atoms with E-state index in [-0.39, 0.29) is 5.91 Å². The monoisotopic (exact) mass is 308 g/mol. The molecule has 1 aliphatic carbocycles. The summed E-state index contributed by atoms with van der Waals surface area (Å²) in [6.07, 6.45) is 8.82. The fraction of sp³-hybridized carbons (Fsp3) is 0.400. The highest BCUT2D eigenvalue weighted by atomic mass is 32.2. The van der Waals surface area contributed by atoms with Crippen LogP contribution < -0.4 is 10.0 Å². The highest BCUT2D eigenvalue weighted by Gasteiger charge is 2.15. The van der Waals surface area contributed by atoms with Crippen LogP contribution in [0, 0.1) is 0 Å². The normalized spacial score (nSPS) is 16.2. The molecule has 2 N–H and O–H groups in total. The van der Waals surface area contributed by atoms with Crippen molar-refractivity contribution in [2.75, 3.05) is 11.0 Å². The van der Waals surface area contributed by atoms with Gasteiger partial charge in [0.15, 0.2) is 0 Å². The van der Waals surface area contributed by atoms with Crippen molar-refractivity contribution in [3.63, 3.8) is 0 Å². The zero-order valence-electron chi connectivity index (χ0n) is 12.0. The molecule has 0 radical (unpaired) electrons. The zero-order valence-corrected chi connectivity index (χ0v) is 12.8. The molecule has 0 bridgehead atoms. The van der Waals surface area contributed by atoms with Crippen molar-refractivity contribution < 1.29 is 13.2 Å². The third kappa shape index (κ3) is 5.59. The number of benzene rings is 1. The van der Waals surface area contributed by atoms with Crippen LogP contribution in [-0.4, -0.2) is 26.6 Å². The SMILES string of the molecule is CS(=O)(=O)Nc1ccc(/C=C/C(=O)NC2CCCC2)cc1. The molecule has 0 unspecified atom stereocenters. The molecular weight excluding hydrogens is 288 g/mol. The maximum atomic E-state index is 11.7. The van der Waals surface area contributed by atoms with E-state index in [1.807, 2.05) is 0 Å². The van der Waals surface area contributed by atoms with Gasteiger partial charge in [-0.25, -0.2) is 8.42 Å². The number of sulfonamides is 1. The van der Waals surface area contributed by atoms with Crippen LogP contribution in [0.2, 0.25) is 0 Å². The fourth-order valence-electron chi connectivity index (χ4n) is 2.37. The van der Waals surface area contributed by atoms with Gasteiger partial charge in [-0.05, 0) is 36.6 Å². The molecule has 5 nitrogen and oxygen atoms in total. The highest BCUT2D eigenvalue weighted by molar-refractivity contribution is 7.92. The minimum absolute atomic E-state index is 0.0831. The summed E-state index contributed by atoms with van der Waals surface area (Å²) in [4.78, 5) is 11.7. The second-order valence-corrected chi connectivity index (χ2v) is 7.07. The lowest BCUT2D eigenvalue weighted by atomic mass is 10.2. The van der Waals surface area contributed by atoms with Gasteiger partial charge >= 0.3 is 0 Å². The van der Waals surface area contributed by atoms with Crippen molar-refractivity contribution in [1.29, 1.82) is 0 Å². The molecule has 1 amide bonds. The number of carbonyl (C=O) groups excluding carboxylic acids is 1. The van der Waals surface area contributed by atoms with E-state index in [9.17, 15) is 13.2 Å². The lowest BCUT2D eigenvalue weighted by molar-refractivity contribution is -0.117. The van der Waals surface area contributed by atoms with E-state index >= 15 is 0 Å². The molecule has 0 aromatic heterocycles. The minimum Gasteiger partial charge on any atom is -0.350 e. The summed E-state index contributed by atoms with van der Waals surface area (Å²) in [5.41, 5.74) is 1.35. The number of nitrogens with one attached hydrogen (secondary N) is 2. The predicted octanol–water partition coefficient (Wildman–Crippen LogP) is 2.13. The Labute approximate surface area is 125 Å². The van der Waals surface area contributed by atoms with Crippen LogP contribution >= 0.6 is 0 Å². The molecule has 1 fully saturated rings. The van der Waals surface area contributed by atoms with Crippen LogP contribution in [0.3, 0.4) is 0 Å². The van der Waals surface area contributed by atoms with Crippen molar-refractivity contribution >= 4 is 27.7 Å². The Morgan fingerprint density at radius 1 is 1.19 bits per heavy atom. The molecule has 21 heavy (non-hydrogen) atoms. The molecule has 6 heteroatoms. The van der Waals surface area contributed by atoms with Crippen LogP contribution in [0.25, 0.3) is 6.08 Å². The second-order valence-electron chi connectivity index (χ2n) is 5.32. The molecule has 114 valence electrons. The van der Waals surface area contributed by atoms with Gasteiger partial charge in [0, 0.05) is 17.8 Å². The Hall–Kier alpha value is -1.82. The molecule has 1 aliphatic rings. The minimum atomic E-state index is -3.26. The standard InChI is InChI=1S/C15H20N2O3S/c1-21(19,20)17-14-9-6-12(7-10-14)8-11-15(18)16-13-4-2-3-5-13/h6-11,13,17H,2-5H2,1H3,(H,16,18)/b11-8+. The molecule has 1 aromatic rings. The first-order chi connectivity index (χ1) is 9.92. The molecule has 0 atom stereocenters. The van der Waals surface area contributed by atoms with E-state index < -0.39 is 10.0 Å². The zero-order chi connectivity index (χ0) is 15.3. The molecular formula is C15H20N2O3S. The van der Waals surface area contributed by atoms with Gasteiger partial charge in [0.25, 0.3) is 0 Å². The maximum Gasteiger partial charge on any atom is 0.244 e. The van der Waals surface area contributed by atoms with E-state index in [0.29, 0.717) is 11.7 Å². The summed E-state index contributed by atoms with van der Waals surface area (Å²) in [6, 6.07) is 7.15. The van der Waals surface area contributed by atoms with Crippen molar-refractivity contribution in [3.05, 3.63) is 35.9 Å². The van der Waals surface area contributed by atoms with Gasteiger partial charge in [-0.1, -0.05) is 25.0 Å².